The molecule has 1 amide bonds. The Kier molecular flexibility index (Phi) is 4.29. The van der Waals surface area contributed by atoms with E-state index in [9.17, 15) is 13.6 Å². The number of hydrogen-bond donors (Lipinski definition) is 1. The lowest BCUT2D eigenvalue weighted by atomic mass is 9.81. The average Bonchev–Trinajstić information content (AvgIpc) is 2.31. The number of nitrogens with one attached hydrogen (secondary N) is 1. The van der Waals surface area contributed by atoms with Gasteiger partial charge in [-0.3, -0.25) is 4.79 Å². The standard InChI is InChI=1S/C16H20ClF2NO/c1-15(2,3)12-5-4-11(6-13(12)17)14(21)20-9-10-7-16(18,19)8-10/h4-6,10H,7-9H2,1-3H3,(H,20,21). The zero-order valence-corrected chi connectivity index (χ0v) is 13.2. The molecule has 2 rings (SSSR count). The fourth-order valence-electron chi connectivity index (χ4n) is 2.53. The molecule has 0 aromatic heterocycles. The van der Waals surface area contributed by atoms with Crippen molar-refractivity contribution in [2.45, 2.75) is 45.0 Å². The summed E-state index contributed by atoms with van der Waals surface area (Å²) >= 11 is 6.22. The average molecular weight is 316 g/mol. The van der Waals surface area contributed by atoms with Gasteiger partial charge in [-0.2, -0.15) is 0 Å². The summed E-state index contributed by atoms with van der Waals surface area (Å²) in [6.45, 7) is 6.42. The number of alkyl halides is 2. The molecule has 5 heteroatoms. The molecular weight excluding hydrogens is 296 g/mol. The molecule has 1 N–H and O–H groups in total. The van der Waals surface area contributed by atoms with E-state index in [0.29, 0.717) is 10.6 Å². The van der Waals surface area contributed by atoms with Crippen molar-refractivity contribution in [1.29, 1.82) is 0 Å². The van der Waals surface area contributed by atoms with E-state index < -0.39 is 5.92 Å². The number of rotatable bonds is 3. The molecule has 0 saturated heterocycles. The maximum Gasteiger partial charge on any atom is 0.251 e. The number of amides is 1. The molecule has 1 aliphatic carbocycles. The molecule has 1 aliphatic rings. The third kappa shape index (κ3) is 3.94. The van der Waals surface area contributed by atoms with Crippen LogP contribution in [-0.4, -0.2) is 18.4 Å². The van der Waals surface area contributed by atoms with Crippen LogP contribution in [0.15, 0.2) is 18.2 Å². The van der Waals surface area contributed by atoms with Crippen LogP contribution in [0.5, 0.6) is 0 Å². The summed E-state index contributed by atoms with van der Waals surface area (Å²) in [5, 5.41) is 3.24. The molecule has 0 spiro atoms. The maximum atomic E-state index is 12.7. The smallest absolute Gasteiger partial charge is 0.251 e. The van der Waals surface area contributed by atoms with Gasteiger partial charge in [-0.25, -0.2) is 8.78 Å². The van der Waals surface area contributed by atoms with Crippen LogP contribution in [0.4, 0.5) is 8.78 Å². The molecule has 0 aliphatic heterocycles. The van der Waals surface area contributed by atoms with E-state index in [1.54, 1.807) is 12.1 Å². The van der Waals surface area contributed by atoms with Crippen molar-refractivity contribution in [2.24, 2.45) is 5.92 Å². The summed E-state index contributed by atoms with van der Waals surface area (Å²) < 4.78 is 25.4. The Morgan fingerprint density at radius 2 is 2.00 bits per heavy atom. The number of benzene rings is 1. The molecule has 0 heterocycles. The van der Waals surface area contributed by atoms with Crippen LogP contribution in [0.1, 0.15) is 49.5 Å². The predicted octanol–water partition coefficient (Wildman–Crippen LogP) is 4.41. The zero-order valence-electron chi connectivity index (χ0n) is 12.5. The quantitative estimate of drug-likeness (QED) is 0.879. The monoisotopic (exact) mass is 315 g/mol. The lowest BCUT2D eigenvalue weighted by molar-refractivity contribution is -0.108. The summed E-state index contributed by atoms with van der Waals surface area (Å²) in [6, 6.07) is 5.19. The van der Waals surface area contributed by atoms with E-state index in [4.69, 9.17) is 11.6 Å². The molecule has 1 saturated carbocycles. The summed E-state index contributed by atoms with van der Waals surface area (Å²) in [4.78, 5) is 12.0. The van der Waals surface area contributed by atoms with Gasteiger partial charge in [-0.1, -0.05) is 38.4 Å². The largest absolute Gasteiger partial charge is 0.352 e. The summed E-state index contributed by atoms with van der Waals surface area (Å²) in [7, 11) is 0. The van der Waals surface area contributed by atoms with Gasteiger partial charge in [0.1, 0.15) is 0 Å². The van der Waals surface area contributed by atoms with Crippen molar-refractivity contribution >= 4 is 17.5 Å². The van der Waals surface area contributed by atoms with Crippen LogP contribution in [0, 0.1) is 5.92 Å². The van der Waals surface area contributed by atoms with Crippen LogP contribution < -0.4 is 5.32 Å². The minimum atomic E-state index is -2.55. The normalized spacial score (nSPS) is 18.2. The van der Waals surface area contributed by atoms with Gasteiger partial charge in [0.2, 0.25) is 5.92 Å². The van der Waals surface area contributed by atoms with Crippen LogP contribution >= 0.6 is 11.6 Å². The number of carbonyl (C=O) groups excluding carboxylic acids is 1. The summed E-state index contributed by atoms with van der Waals surface area (Å²) in [5.74, 6) is -2.95. The van der Waals surface area contributed by atoms with E-state index in [1.165, 1.54) is 0 Å². The first-order chi connectivity index (χ1) is 9.58. The maximum absolute atomic E-state index is 12.7. The number of carbonyl (C=O) groups is 1. The first-order valence-electron chi connectivity index (χ1n) is 7.04. The third-order valence-corrected chi connectivity index (χ3v) is 4.08. The van der Waals surface area contributed by atoms with Gasteiger partial charge in [0.15, 0.2) is 0 Å². The van der Waals surface area contributed by atoms with Crippen molar-refractivity contribution in [3.63, 3.8) is 0 Å². The fraction of sp³-hybridized carbons (Fsp3) is 0.562. The van der Waals surface area contributed by atoms with Gasteiger partial charge in [0.25, 0.3) is 5.91 Å². The molecule has 1 aromatic carbocycles. The molecule has 0 radical (unpaired) electrons. The van der Waals surface area contributed by atoms with Gasteiger partial charge in [0.05, 0.1) is 0 Å². The SMILES string of the molecule is CC(C)(C)c1ccc(C(=O)NCC2CC(F)(F)C2)cc1Cl. The Hall–Kier alpha value is -1.16. The molecule has 2 nitrogen and oxygen atoms in total. The number of halogens is 3. The first-order valence-corrected chi connectivity index (χ1v) is 7.42. The van der Waals surface area contributed by atoms with E-state index in [-0.39, 0.29) is 36.6 Å². The van der Waals surface area contributed by atoms with Crippen molar-refractivity contribution in [2.75, 3.05) is 6.54 Å². The van der Waals surface area contributed by atoms with Crippen molar-refractivity contribution in [1.82, 2.24) is 5.32 Å². The van der Waals surface area contributed by atoms with Gasteiger partial charge < -0.3 is 5.32 Å². The Balaban J connectivity index is 1.96. The lowest BCUT2D eigenvalue weighted by Gasteiger charge is -2.34. The zero-order chi connectivity index (χ0) is 15.8. The van der Waals surface area contributed by atoms with Crippen molar-refractivity contribution in [3.05, 3.63) is 34.3 Å². The van der Waals surface area contributed by atoms with E-state index in [0.717, 1.165) is 5.56 Å². The Bertz CT molecular complexity index is 544. The minimum Gasteiger partial charge on any atom is -0.352 e. The predicted molar refractivity (Wildman–Crippen MR) is 80.2 cm³/mol. The van der Waals surface area contributed by atoms with Crippen LogP contribution in [0.3, 0.4) is 0 Å². The van der Waals surface area contributed by atoms with Crippen LogP contribution in [-0.2, 0) is 5.41 Å². The molecular formula is C16H20ClF2NO. The highest BCUT2D eigenvalue weighted by atomic mass is 35.5. The molecule has 0 bridgehead atoms. The van der Waals surface area contributed by atoms with E-state index in [1.807, 2.05) is 26.8 Å². The second kappa shape index (κ2) is 5.56. The van der Waals surface area contributed by atoms with Crippen molar-refractivity contribution < 1.29 is 13.6 Å². The second-order valence-corrected chi connectivity index (χ2v) is 7.19. The summed E-state index contributed by atoms with van der Waals surface area (Å²) in [5.41, 5.74) is 1.34. The molecule has 1 fully saturated rings. The third-order valence-electron chi connectivity index (χ3n) is 3.77. The Labute approximate surface area is 128 Å². The Morgan fingerprint density at radius 3 is 2.48 bits per heavy atom. The fourth-order valence-corrected chi connectivity index (χ4v) is 3.00. The molecule has 0 atom stereocenters. The topological polar surface area (TPSA) is 29.1 Å². The summed E-state index contributed by atoms with van der Waals surface area (Å²) in [6.07, 6.45) is -0.284. The highest BCUT2D eigenvalue weighted by molar-refractivity contribution is 6.31. The molecule has 1 aromatic rings. The second-order valence-electron chi connectivity index (χ2n) is 6.78. The van der Waals surface area contributed by atoms with Gasteiger partial charge in [0, 0.05) is 30.0 Å². The van der Waals surface area contributed by atoms with Crippen LogP contribution in [0.25, 0.3) is 0 Å². The molecule has 0 unspecified atom stereocenters. The highest BCUT2D eigenvalue weighted by Gasteiger charge is 2.45. The van der Waals surface area contributed by atoms with Gasteiger partial charge >= 0.3 is 0 Å². The van der Waals surface area contributed by atoms with Gasteiger partial charge in [-0.15, -0.1) is 0 Å². The minimum absolute atomic E-state index is 0.0936. The number of hydrogen-bond acceptors (Lipinski definition) is 1. The van der Waals surface area contributed by atoms with E-state index >= 15 is 0 Å². The molecule has 116 valence electrons. The van der Waals surface area contributed by atoms with Gasteiger partial charge in [-0.05, 0) is 29.0 Å². The van der Waals surface area contributed by atoms with E-state index in [2.05, 4.69) is 5.32 Å². The first kappa shape index (κ1) is 16.2. The lowest BCUT2D eigenvalue weighted by Crippen LogP contribution is -2.42. The van der Waals surface area contributed by atoms with Crippen molar-refractivity contribution in [3.8, 4) is 0 Å². The highest BCUT2D eigenvalue weighted by Crippen LogP contribution is 2.41. The molecule has 21 heavy (non-hydrogen) atoms. The van der Waals surface area contributed by atoms with Crippen LogP contribution in [0.2, 0.25) is 5.02 Å². The Morgan fingerprint density at radius 1 is 1.38 bits per heavy atom.